The lowest BCUT2D eigenvalue weighted by atomic mass is 10.2. The van der Waals surface area contributed by atoms with Crippen molar-refractivity contribution in [3.05, 3.63) is 76.6 Å². The Morgan fingerprint density at radius 1 is 1.06 bits per heavy atom. The van der Waals surface area contributed by atoms with E-state index in [1.165, 1.54) is 0 Å². The Morgan fingerprint density at radius 3 is 2.72 bits per heavy atom. The van der Waals surface area contributed by atoms with Gasteiger partial charge in [0.2, 0.25) is 0 Å². The fourth-order valence-corrected chi connectivity index (χ4v) is 3.31. The van der Waals surface area contributed by atoms with Crippen LogP contribution in [0.25, 0.3) is 22.4 Å². The Kier molecular flexibility index (Phi) is 6.81. The first kappa shape index (κ1) is 21.6. The fourth-order valence-electron chi connectivity index (χ4n) is 3.31. The van der Waals surface area contributed by atoms with E-state index in [0.29, 0.717) is 37.5 Å². The van der Waals surface area contributed by atoms with Crippen molar-refractivity contribution in [2.75, 3.05) is 18.5 Å². The minimum Gasteiger partial charge on any atom is -0.380 e. The largest absolute Gasteiger partial charge is 0.380 e. The molecular weight excluding hydrogens is 404 g/mol. The molecule has 4 rings (SSSR count). The van der Waals surface area contributed by atoms with Crippen LogP contribution in [0.2, 0.25) is 0 Å². The van der Waals surface area contributed by atoms with Gasteiger partial charge in [-0.05, 0) is 49.2 Å². The molecule has 0 saturated carbocycles. The van der Waals surface area contributed by atoms with Crippen LogP contribution in [0.5, 0.6) is 0 Å². The van der Waals surface area contributed by atoms with Crippen molar-refractivity contribution in [1.29, 1.82) is 0 Å². The quantitative estimate of drug-likeness (QED) is 0.405. The number of aryl methyl sites for hydroxylation is 1. The third-order valence-electron chi connectivity index (χ3n) is 4.99. The SMILES string of the molecule is CCCOCCn1c(=O)c(NCc2cccnc2)nc2ccc(-c3ccc(C)nc3)nc21. The van der Waals surface area contributed by atoms with Gasteiger partial charge in [-0.25, -0.2) is 9.97 Å². The predicted octanol–water partition coefficient (Wildman–Crippen LogP) is 3.60. The van der Waals surface area contributed by atoms with Crippen molar-refractivity contribution in [3.63, 3.8) is 0 Å². The molecule has 0 aliphatic rings. The van der Waals surface area contributed by atoms with Crippen LogP contribution < -0.4 is 10.9 Å². The zero-order valence-electron chi connectivity index (χ0n) is 18.3. The van der Waals surface area contributed by atoms with Gasteiger partial charge >= 0.3 is 0 Å². The van der Waals surface area contributed by atoms with Gasteiger partial charge in [-0.3, -0.25) is 19.3 Å². The van der Waals surface area contributed by atoms with Crippen LogP contribution in [0.4, 0.5) is 5.82 Å². The van der Waals surface area contributed by atoms with Crippen LogP contribution >= 0.6 is 0 Å². The Balaban J connectivity index is 1.72. The van der Waals surface area contributed by atoms with Crippen molar-refractivity contribution in [2.24, 2.45) is 0 Å². The summed E-state index contributed by atoms with van der Waals surface area (Å²) in [6, 6.07) is 11.5. The van der Waals surface area contributed by atoms with Crippen LogP contribution in [0.1, 0.15) is 24.6 Å². The number of anilines is 1. The highest BCUT2D eigenvalue weighted by Gasteiger charge is 2.14. The number of rotatable bonds is 9. The summed E-state index contributed by atoms with van der Waals surface area (Å²) in [5.41, 5.74) is 4.46. The van der Waals surface area contributed by atoms with E-state index in [4.69, 9.17) is 9.72 Å². The van der Waals surface area contributed by atoms with Crippen molar-refractivity contribution in [2.45, 2.75) is 33.4 Å². The summed E-state index contributed by atoms with van der Waals surface area (Å²) >= 11 is 0. The fraction of sp³-hybridized carbons (Fsp3) is 0.292. The third kappa shape index (κ3) is 4.97. The topological polar surface area (TPSA) is 94.8 Å². The molecular formula is C24H26N6O2. The van der Waals surface area contributed by atoms with Gasteiger partial charge in [0.1, 0.15) is 5.52 Å². The number of nitrogens with one attached hydrogen (secondary N) is 1. The minimum atomic E-state index is -0.229. The summed E-state index contributed by atoms with van der Waals surface area (Å²) in [6.45, 7) is 5.91. The lowest BCUT2D eigenvalue weighted by Crippen LogP contribution is -2.27. The Morgan fingerprint density at radius 2 is 1.97 bits per heavy atom. The van der Waals surface area contributed by atoms with E-state index < -0.39 is 0 Å². The molecule has 0 aromatic carbocycles. The van der Waals surface area contributed by atoms with Gasteiger partial charge in [-0.2, -0.15) is 0 Å². The van der Waals surface area contributed by atoms with Gasteiger partial charge in [0, 0.05) is 43.0 Å². The number of pyridine rings is 3. The molecule has 0 spiro atoms. The van der Waals surface area contributed by atoms with Gasteiger partial charge < -0.3 is 10.1 Å². The standard InChI is InChI=1S/C24H26N6O2/c1-3-12-32-13-11-30-23-21(9-8-20(29-23)19-7-6-17(2)26-16-19)28-22(24(30)31)27-15-18-5-4-10-25-14-18/h4-10,14,16H,3,11-13,15H2,1-2H3,(H,27,28). The normalized spacial score (nSPS) is 11.1. The van der Waals surface area contributed by atoms with Gasteiger partial charge in [0.15, 0.2) is 11.5 Å². The zero-order valence-corrected chi connectivity index (χ0v) is 18.3. The maximum absolute atomic E-state index is 13.3. The van der Waals surface area contributed by atoms with Crippen LogP contribution in [-0.4, -0.2) is 37.7 Å². The van der Waals surface area contributed by atoms with Gasteiger partial charge in [-0.1, -0.05) is 13.0 Å². The maximum atomic E-state index is 13.3. The van der Waals surface area contributed by atoms with Crippen LogP contribution in [0.3, 0.4) is 0 Å². The highest BCUT2D eigenvalue weighted by molar-refractivity contribution is 5.76. The molecule has 4 heterocycles. The number of hydrogen-bond donors (Lipinski definition) is 1. The first-order valence-electron chi connectivity index (χ1n) is 10.7. The van der Waals surface area contributed by atoms with E-state index >= 15 is 0 Å². The Labute approximate surface area is 186 Å². The average Bonchev–Trinajstić information content (AvgIpc) is 2.82. The van der Waals surface area contributed by atoms with Crippen molar-refractivity contribution in [3.8, 4) is 11.3 Å². The average molecular weight is 431 g/mol. The number of fused-ring (bicyclic) bond motifs is 1. The molecule has 4 aromatic rings. The van der Waals surface area contributed by atoms with E-state index in [0.717, 1.165) is 28.9 Å². The molecule has 0 amide bonds. The summed E-state index contributed by atoms with van der Waals surface area (Å²) in [5, 5.41) is 3.15. The molecule has 0 aliphatic carbocycles. The van der Waals surface area contributed by atoms with Crippen LogP contribution in [0.15, 0.2) is 59.8 Å². The number of hydrogen-bond acceptors (Lipinski definition) is 7. The summed E-state index contributed by atoms with van der Waals surface area (Å²) in [6.07, 6.45) is 6.18. The lowest BCUT2D eigenvalue weighted by Gasteiger charge is -2.14. The summed E-state index contributed by atoms with van der Waals surface area (Å²) < 4.78 is 7.27. The van der Waals surface area contributed by atoms with E-state index in [2.05, 4.69) is 27.2 Å². The lowest BCUT2D eigenvalue weighted by molar-refractivity contribution is 0.127. The molecule has 4 aromatic heterocycles. The highest BCUT2D eigenvalue weighted by Crippen LogP contribution is 2.20. The molecule has 0 fully saturated rings. The Bertz CT molecular complexity index is 1240. The van der Waals surface area contributed by atoms with Gasteiger partial charge in [0.25, 0.3) is 5.56 Å². The second-order valence-corrected chi connectivity index (χ2v) is 7.47. The van der Waals surface area contributed by atoms with E-state index in [9.17, 15) is 4.79 Å². The number of nitrogens with zero attached hydrogens (tertiary/aromatic N) is 5. The van der Waals surface area contributed by atoms with Crippen molar-refractivity contribution >= 4 is 17.0 Å². The molecule has 0 saturated heterocycles. The molecule has 8 nitrogen and oxygen atoms in total. The van der Waals surface area contributed by atoms with Crippen LogP contribution in [0, 0.1) is 6.92 Å². The molecule has 0 unspecified atom stereocenters. The van der Waals surface area contributed by atoms with E-state index in [-0.39, 0.29) is 11.4 Å². The minimum absolute atomic E-state index is 0.229. The van der Waals surface area contributed by atoms with Gasteiger partial charge in [-0.15, -0.1) is 0 Å². The maximum Gasteiger partial charge on any atom is 0.295 e. The molecule has 1 N–H and O–H groups in total. The second kappa shape index (κ2) is 10.1. The van der Waals surface area contributed by atoms with E-state index in [1.54, 1.807) is 23.2 Å². The molecule has 0 atom stereocenters. The van der Waals surface area contributed by atoms with E-state index in [1.807, 2.05) is 43.3 Å². The molecule has 164 valence electrons. The van der Waals surface area contributed by atoms with Crippen LogP contribution in [-0.2, 0) is 17.8 Å². The third-order valence-corrected chi connectivity index (χ3v) is 4.99. The predicted molar refractivity (Wildman–Crippen MR) is 124 cm³/mol. The number of ether oxygens (including phenoxy) is 1. The summed E-state index contributed by atoms with van der Waals surface area (Å²) in [7, 11) is 0. The zero-order chi connectivity index (χ0) is 22.3. The molecule has 0 aliphatic heterocycles. The smallest absolute Gasteiger partial charge is 0.295 e. The summed E-state index contributed by atoms with van der Waals surface area (Å²) in [5.74, 6) is 0.281. The summed E-state index contributed by atoms with van der Waals surface area (Å²) in [4.78, 5) is 31.1. The van der Waals surface area contributed by atoms with Gasteiger partial charge in [0.05, 0.1) is 18.8 Å². The second-order valence-electron chi connectivity index (χ2n) is 7.47. The Hall–Kier alpha value is -3.65. The monoisotopic (exact) mass is 430 g/mol. The number of aromatic nitrogens is 5. The molecule has 32 heavy (non-hydrogen) atoms. The molecule has 0 radical (unpaired) electrons. The van der Waals surface area contributed by atoms with Crippen molar-refractivity contribution < 1.29 is 4.74 Å². The first-order valence-corrected chi connectivity index (χ1v) is 10.7. The molecule has 0 bridgehead atoms. The highest BCUT2D eigenvalue weighted by atomic mass is 16.5. The molecule has 8 heteroatoms. The van der Waals surface area contributed by atoms with Crippen molar-refractivity contribution in [1.82, 2.24) is 24.5 Å². The first-order chi connectivity index (χ1) is 15.7.